The van der Waals surface area contributed by atoms with Crippen LogP contribution in [0.3, 0.4) is 0 Å². The summed E-state index contributed by atoms with van der Waals surface area (Å²) in [5.74, 6) is 0.0447. The smallest absolute Gasteiger partial charge is 0.237 e. The molecule has 144 valence electrons. The first-order chi connectivity index (χ1) is 12.8. The molecule has 0 saturated carbocycles. The molecule has 1 aliphatic carbocycles. The van der Waals surface area contributed by atoms with Crippen LogP contribution in [0, 0.1) is 0 Å². The minimum Gasteiger partial charge on any atom is -0.344 e. The molecule has 26 heavy (non-hydrogen) atoms. The number of benzene rings is 1. The monoisotopic (exact) mass is 357 g/mol. The largest absolute Gasteiger partial charge is 0.344 e. The van der Waals surface area contributed by atoms with Crippen LogP contribution < -0.4 is 16.4 Å². The molecule has 1 aromatic rings. The van der Waals surface area contributed by atoms with Crippen LogP contribution in [0.5, 0.6) is 0 Å². The maximum absolute atomic E-state index is 12.7. The molecule has 1 aromatic carbocycles. The van der Waals surface area contributed by atoms with E-state index in [1.54, 1.807) is 0 Å². The Hall–Kier alpha value is -1.91. The maximum Gasteiger partial charge on any atom is 0.237 e. The molecular weight excluding hydrogens is 322 g/mol. The van der Waals surface area contributed by atoms with Gasteiger partial charge in [0.2, 0.25) is 5.91 Å². The van der Waals surface area contributed by atoms with Gasteiger partial charge < -0.3 is 16.4 Å². The summed E-state index contributed by atoms with van der Waals surface area (Å²) in [4.78, 5) is 12.7. The summed E-state index contributed by atoms with van der Waals surface area (Å²) < 4.78 is 0. The minimum atomic E-state index is -0.184. The molecule has 0 aliphatic heterocycles. The van der Waals surface area contributed by atoms with Crippen molar-refractivity contribution in [1.82, 2.24) is 10.6 Å². The third kappa shape index (κ3) is 7.14. The number of nitrogens with one attached hydrogen (secondary N) is 2. The van der Waals surface area contributed by atoms with Gasteiger partial charge in [-0.1, -0.05) is 68.8 Å². The van der Waals surface area contributed by atoms with Crippen molar-refractivity contribution in [1.29, 1.82) is 0 Å². The highest BCUT2D eigenvalue weighted by Crippen LogP contribution is 2.26. The molecule has 1 amide bonds. The summed E-state index contributed by atoms with van der Waals surface area (Å²) >= 11 is 0. The number of likely N-dealkylation sites (N-methyl/N-ethyl adjacent to an activating group) is 1. The van der Waals surface area contributed by atoms with Crippen molar-refractivity contribution in [2.45, 2.75) is 58.0 Å². The average molecular weight is 358 g/mol. The van der Waals surface area contributed by atoms with Gasteiger partial charge in [0, 0.05) is 0 Å². The second kappa shape index (κ2) is 13.3. The SMILES string of the molecule is CC.CNC(CCCCN)C(=O)NC(C1=CCCC=C1)c1ccccc1. The molecule has 0 heterocycles. The molecular formula is C22H35N3O. The fraction of sp³-hybridized carbons (Fsp3) is 0.500. The topological polar surface area (TPSA) is 67.1 Å². The lowest BCUT2D eigenvalue weighted by atomic mass is 9.94. The second-order valence-electron chi connectivity index (χ2n) is 6.16. The number of hydrogen-bond acceptors (Lipinski definition) is 3. The Morgan fingerprint density at radius 2 is 1.88 bits per heavy atom. The lowest BCUT2D eigenvalue weighted by Crippen LogP contribution is -2.44. The van der Waals surface area contributed by atoms with E-state index in [1.807, 2.05) is 39.1 Å². The van der Waals surface area contributed by atoms with Gasteiger partial charge in [-0.3, -0.25) is 4.79 Å². The summed E-state index contributed by atoms with van der Waals surface area (Å²) in [6.45, 7) is 4.67. The van der Waals surface area contributed by atoms with Gasteiger partial charge in [0.1, 0.15) is 0 Å². The standard InChI is InChI=1S/C20H29N3O.C2H6/c1-22-18(14-8-9-15-21)20(24)23-19(16-10-4-2-5-11-16)17-12-6-3-7-13-17;1-2/h2,4-6,10-13,18-19,22H,3,7-9,14-15,21H2,1H3,(H,23,24);1-2H3. The summed E-state index contributed by atoms with van der Waals surface area (Å²) in [6, 6.07) is 9.87. The van der Waals surface area contributed by atoms with Crippen molar-refractivity contribution >= 4 is 5.91 Å². The van der Waals surface area contributed by atoms with Crippen LogP contribution in [0.25, 0.3) is 0 Å². The average Bonchev–Trinajstić information content (AvgIpc) is 2.72. The number of unbranched alkanes of at least 4 members (excludes halogenated alkanes) is 1. The zero-order valence-corrected chi connectivity index (χ0v) is 16.5. The fourth-order valence-corrected chi connectivity index (χ4v) is 2.99. The highest BCUT2D eigenvalue weighted by molar-refractivity contribution is 5.82. The van der Waals surface area contributed by atoms with Crippen molar-refractivity contribution in [2.75, 3.05) is 13.6 Å². The van der Waals surface area contributed by atoms with E-state index in [2.05, 4.69) is 41.0 Å². The van der Waals surface area contributed by atoms with Crippen molar-refractivity contribution in [3.8, 4) is 0 Å². The number of carbonyl (C=O) groups excluding carboxylic acids is 1. The first-order valence-electron chi connectivity index (χ1n) is 9.85. The molecule has 0 bridgehead atoms. The number of nitrogens with two attached hydrogens (primary N) is 1. The van der Waals surface area contributed by atoms with Gasteiger partial charge in [0.15, 0.2) is 0 Å². The molecule has 2 unspecified atom stereocenters. The lowest BCUT2D eigenvalue weighted by molar-refractivity contribution is -0.123. The highest BCUT2D eigenvalue weighted by atomic mass is 16.2. The van der Waals surface area contributed by atoms with Gasteiger partial charge in [0.05, 0.1) is 12.1 Å². The second-order valence-corrected chi connectivity index (χ2v) is 6.16. The molecule has 4 N–H and O–H groups in total. The van der Waals surface area contributed by atoms with E-state index < -0.39 is 0 Å². The van der Waals surface area contributed by atoms with Gasteiger partial charge >= 0.3 is 0 Å². The molecule has 4 heteroatoms. The van der Waals surface area contributed by atoms with E-state index in [0.29, 0.717) is 6.54 Å². The summed E-state index contributed by atoms with van der Waals surface area (Å²) in [5, 5.41) is 6.36. The predicted molar refractivity (Wildman–Crippen MR) is 111 cm³/mol. The third-order valence-electron chi connectivity index (χ3n) is 4.39. The van der Waals surface area contributed by atoms with Crippen LogP contribution in [0.2, 0.25) is 0 Å². The number of carbonyl (C=O) groups is 1. The van der Waals surface area contributed by atoms with Gasteiger partial charge in [-0.05, 0) is 50.4 Å². The normalized spacial score (nSPS) is 15.3. The Labute approximate surface area is 158 Å². The van der Waals surface area contributed by atoms with Crippen molar-refractivity contribution in [3.05, 3.63) is 59.7 Å². The predicted octanol–water partition coefficient (Wildman–Crippen LogP) is 3.86. The molecule has 0 aromatic heterocycles. The molecule has 0 radical (unpaired) electrons. The summed E-state index contributed by atoms with van der Waals surface area (Å²) in [5.41, 5.74) is 7.83. The van der Waals surface area contributed by atoms with E-state index in [0.717, 1.165) is 43.2 Å². The summed E-state index contributed by atoms with van der Waals surface area (Å²) in [7, 11) is 1.84. The lowest BCUT2D eigenvalue weighted by Gasteiger charge is -2.25. The Kier molecular flexibility index (Phi) is 11.3. The molecule has 2 atom stereocenters. The van der Waals surface area contributed by atoms with Crippen LogP contribution in [0.4, 0.5) is 0 Å². The first-order valence-corrected chi connectivity index (χ1v) is 9.85. The van der Waals surface area contributed by atoms with Crippen LogP contribution >= 0.6 is 0 Å². The van der Waals surface area contributed by atoms with Crippen LogP contribution in [-0.2, 0) is 4.79 Å². The van der Waals surface area contributed by atoms with E-state index in [4.69, 9.17) is 5.73 Å². The quantitative estimate of drug-likeness (QED) is 0.588. The van der Waals surface area contributed by atoms with Crippen LogP contribution in [0.1, 0.15) is 57.6 Å². The number of rotatable bonds is 9. The van der Waals surface area contributed by atoms with Gasteiger partial charge in [0.25, 0.3) is 0 Å². The molecule has 0 fully saturated rings. The number of hydrogen-bond donors (Lipinski definition) is 3. The molecule has 0 spiro atoms. The zero-order chi connectivity index (χ0) is 19.2. The van der Waals surface area contributed by atoms with Crippen LogP contribution in [-0.4, -0.2) is 25.5 Å². The number of allylic oxidation sites excluding steroid dienone is 2. The Balaban J connectivity index is 0.00000163. The molecule has 2 rings (SSSR count). The highest BCUT2D eigenvalue weighted by Gasteiger charge is 2.22. The molecule has 1 aliphatic rings. The third-order valence-corrected chi connectivity index (χ3v) is 4.39. The Morgan fingerprint density at radius 1 is 1.15 bits per heavy atom. The maximum atomic E-state index is 12.7. The van der Waals surface area contributed by atoms with E-state index in [-0.39, 0.29) is 18.0 Å². The Morgan fingerprint density at radius 3 is 2.46 bits per heavy atom. The van der Waals surface area contributed by atoms with Crippen molar-refractivity contribution < 1.29 is 4.79 Å². The van der Waals surface area contributed by atoms with Gasteiger partial charge in [-0.15, -0.1) is 0 Å². The van der Waals surface area contributed by atoms with E-state index in [1.165, 1.54) is 0 Å². The fourth-order valence-electron chi connectivity index (χ4n) is 2.99. The van der Waals surface area contributed by atoms with E-state index >= 15 is 0 Å². The Bertz CT molecular complexity index is 566. The number of amides is 1. The first kappa shape index (κ1) is 22.1. The molecule has 4 nitrogen and oxygen atoms in total. The summed E-state index contributed by atoms with van der Waals surface area (Å²) in [6.07, 6.45) is 11.3. The van der Waals surface area contributed by atoms with Gasteiger partial charge in [-0.2, -0.15) is 0 Å². The molecule has 0 saturated heterocycles. The van der Waals surface area contributed by atoms with Gasteiger partial charge in [-0.25, -0.2) is 0 Å². The minimum absolute atomic E-state index is 0.0447. The van der Waals surface area contributed by atoms with Crippen molar-refractivity contribution in [2.24, 2.45) is 5.73 Å². The zero-order valence-electron chi connectivity index (χ0n) is 16.5. The van der Waals surface area contributed by atoms with Crippen LogP contribution in [0.15, 0.2) is 54.1 Å². The van der Waals surface area contributed by atoms with Crippen molar-refractivity contribution in [3.63, 3.8) is 0 Å². The van der Waals surface area contributed by atoms with E-state index in [9.17, 15) is 4.79 Å².